The van der Waals surface area contributed by atoms with Gasteiger partial charge < -0.3 is 9.47 Å². The number of benzene rings is 1. The van der Waals surface area contributed by atoms with Gasteiger partial charge in [0.15, 0.2) is 5.75 Å². The fourth-order valence-corrected chi connectivity index (χ4v) is 2.57. The number of ether oxygens (including phenoxy) is 2. The van der Waals surface area contributed by atoms with E-state index < -0.39 is 22.3 Å². The van der Waals surface area contributed by atoms with Gasteiger partial charge in [0.1, 0.15) is 11.9 Å². The van der Waals surface area contributed by atoms with Crippen molar-refractivity contribution >= 4 is 9.84 Å². The summed E-state index contributed by atoms with van der Waals surface area (Å²) in [6.07, 6.45) is -0.499. The average Bonchev–Trinajstić information content (AvgIpc) is 3.02. The number of hydrogen-bond acceptors (Lipinski definition) is 8. The van der Waals surface area contributed by atoms with Gasteiger partial charge in [-0.2, -0.15) is 0 Å². The summed E-state index contributed by atoms with van der Waals surface area (Å²) in [6, 6.07) is 5.15. The Bertz CT molecular complexity index is 944. The summed E-state index contributed by atoms with van der Waals surface area (Å²) in [4.78, 5) is 12.6. The molecule has 0 spiro atoms. The second kappa shape index (κ2) is 7.04. The topological polar surface area (TPSA) is 99.6 Å². The van der Waals surface area contributed by atoms with E-state index in [-0.39, 0.29) is 22.5 Å². The molecule has 1 N–H and O–H groups in total. The third-order valence-corrected chi connectivity index (χ3v) is 4.07. The maximum atomic E-state index is 12.2. The van der Waals surface area contributed by atoms with Crippen molar-refractivity contribution in [2.45, 2.75) is 17.6 Å². The Labute approximate surface area is 151 Å². The molecule has 0 amide bonds. The van der Waals surface area contributed by atoms with Crippen molar-refractivity contribution in [3.8, 4) is 11.5 Å². The smallest absolute Gasteiger partial charge is 0.436 e. The molecule has 0 saturated carbocycles. The van der Waals surface area contributed by atoms with Gasteiger partial charge in [-0.15, -0.1) is 13.2 Å². The molecule has 144 valence electrons. The Morgan fingerprint density at radius 3 is 2.30 bits per heavy atom. The van der Waals surface area contributed by atoms with Gasteiger partial charge >= 0.3 is 6.36 Å². The van der Waals surface area contributed by atoms with Gasteiger partial charge in [-0.1, -0.05) is 12.1 Å². The summed E-state index contributed by atoms with van der Waals surface area (Å²) in [5.41, 5.74) is 3.06. The lowest BCUT2D eigenvalue weighted by Crippen LogP contribution is -2.17. The molecule has 0 fully saturated rings. The van der Waals surface area contributed by atoms with Crippen LogP contribution in [-0.4, -0.2) is 31.0 Å². The van der Waals surface area contributed by atoms with Gasteiger partial charge in [0, 0.05) is 12.3 Å². The van der Waals surface area contributed by atoms with Crippen molar-refractivity contribution in [2.24, 2.45) is 0 Å². The predicted molar refractivity (Wildman–Crippen MR) is 83.9 cm³/mol. The maximum Gasteiger partial charge on any atom is 0.573 e. The molecule has 8 nitrogen and oxygen atoms in total. The lowest BCUT2D eigenvalue weighted by Gasteiger charge is -2.11. The number of aromatic nitrogens is 2. The van der Waals surface area contributed by atoms with E-state index >= 15 is 0 Å². The molecule has 12 heteroatoms. The molecule has 27 heavy (non-hydrogen) atoms. The number of hydrogen-bond donors (Lipinski definition) is 1. The third kappa shape index (κ3) is 5.08. The summed E-state index contributed by atoms with van der Waals surface area (Å²) in [5.74, 6) is 0.00595. The van der Waals surface area contributed by atoms with E-state index in [1.54, 1.807) is 0 Å². The molecule has 0 aliphatic carbocycles. The van der Waals surface area contributed by atoms with Crippen LogP contribution in [0.2, 0.25) is 0 Å². The van der Waals surface area contributed by atoms with Gasteiger partial charge in [-0.25, -0.2) is 23.9 Å². The summed E-state index contributed by atoms with van der Waals surface area (Å²) < 4.78 is 68.3. The van der Waals surface area contributed by atoms with Crippen molar-refractivity contribution in [1.29, 1.82) is 0 Å². The Balaban J connectivity index is 1.66. The minimum Gasteiger partial charge on any atom is -0.436 e. The molecular formula is C15H12F3N3O5S. The highest BCUT2D eigenvalue weighted by Crippen LogP contribution is 2.28. The molecule has 2 aromatic rings. The second-order valence-corrected chi connectivity index (χ2v) is 7.27. The first-order valence-corrected chi connectivity index (χ1v) is 9.18. The van der Waals surface area contributed by atoms with Crippen LogP contribution in [0.5, 0.6) is 11.5 Å². The van der Waals surface area contributed by atoms with Gasteiger partial charge in [0.2, 0.25) is 20.9 Å². The van der Waals surface area contributed by atoms with E-state index in [2.05, 4.69) is 20.2 Å². The number of nitrogens with zero attached hydrogens (tertiary/aromatic N) is 2. The molecule has 0 bridgehead atoms. The Morgan fingerprint density at radius 1 is 1.11 bits per heavy atom. The molecule has 1 aromatic heterocycles. The van der Waals surface area contributed by atoms with Gasteiger partial charge in [0.25, 0.3) is 0 Å². The quantitative estimate of drug-likeness (QED) is 0.759. The first kappa shape index (κ1) is 18.9. The fourth-order valence-electron chi connectivity index (χ4n) is 2.08. The predicted octanol–water partition coefficient (Wildman–Crippen LogP) is 2.27. The molecule has 3 rings (SSSR count). The van der Waals surface area contributed by atoms with Crippen LogP contribution >= 0.6 is 0 Å². The van der Waals surface area contributed by atoms with Crippen molar-refractivity contribution in [3.05, 3.63) is 54.2 Å². The van der Waals surface area contributed by atoms with E-state index in [1.165, 1.54) is 30.6 Å². The zero-order valence-corrected chi connectivity index (χ0v) is 14.4. The standard InChI is InChI=1S/C15H12F3N3O5S/c1-27(22,23)14-19-7-11(8-20-14)24-13-6-12(26-21-13)9-2-4-10(5-3-9)25-15(16,17)18/h2-8,12,21H,1H3/t12-/m0/s1. The summed E-state index contributed by atoms with van der Waals surface area (Å²) in [6.45, 7) is 0. The fraction of sp³-hybridized carbons (Fsp3) is 0.200. The number of alkyl halides is 3. The molecule has 0 radical (unpaired) electrons. The molecule has 1 aliphatic heterocycles. The zero-order chi connectivity index (χ0) is 19.7. The van der Waals surface area contributed by atoms with E-state index in [0.29, 0.717) is 5.56 Å². The van der Waals surface area contributed by atoms with Crippen LogP contribution in [0.4, 0.5) is 13.2 Å². The average molecular weight is 403 g/mol. The Hall–Kier alpha value is -2.86. The van der Waals surface area contributed by atoms with Gasteiger partial charge in [-0.3, -0.25) is 4.84 Å². The summed E-state index contributed by atoms with van der Waals surface area (Å²) in [5, 5.41) is -0.335. The molecule has 1 atom stereocenters. The van der Waals surface area contributed by atoms with Crippen LogP contribution in [0.3, 0.4) is 0 Å². The van der Waals surface area contributed by atoms with E-state index in [1.807, 2.05) is 0 Å². The van der Waals surface area contributed by atoms with Gasteiger partial charge in [0.05, 0.1) is 12.4 Å². The van der Waals surface area contributed by atoms with E-state index in [4.69, 9.17) is 9.57 Å². The Kier molecular flexibility index (Phi) is 4.93. The Morgan fingerprint density at radius 2 is 1.74 bits per heavy atom. The van der Waals surface area contributed by atoms with Crippen LogP contribution in [-0.2, 0) is 14.7 Å². The number of nitrogens with one attached hydrogen (secondary N) is 1. The maximum absolute atomic E-state index is 12.2. The largest absolute Gasteiger partial charge is 0.573 e. The summed E-state index contributed by atoms with van der Waals surface area (Å²) >= 11 is 0. The number of hydroxylamine groups is 1. The van der Waals surface area contributed by atoms with Gasteiger partial charge in [-0.05, 0) is 17.7 Å². The highest BCUT2D eigenvalue weighted by atomic mass is 32.2. The molecule has 2 heterocycles. The van der Waals surface area contributed by atoms with Crippen LogP contribution in [0.1, 0.15) is 11.7 Å². The van der Waals surface area contributed by atoms with Crippen LogP contribution in [0, 0.1) is 0 Å². The second-order valence-electron chi connectivity index (χ2n) is 5.36. The van der Waals surface area contributed by atoms with E-state index in [0.717, 1.165) is 18.4 Å². The zero-order valence-electron chi connectivity index (χ0n) is 13.6. The van der Waals surface area contributed by atoms with Crippen LogP contribution < -0.4 is 15.0 Å². The van der Waals surface area contributed by atoms with Crippen LogP contribution in [0.15, 0.2) is 53.8 Å². The molecule has 0 unspecified atom stereocenters. The molecule has 1 aliphatic rings. The number of rotatable bonds is 5. The third-order valence-electron chi connectivity index (χ3n) is 3.20. The highest BCUT2D eigenvalue weighted by Gasteiger charge is 2.31. The lowest BCUT2D eigenvalue weighted by molar-refractivity contribution is -0.274. The van der Waals surface area contributed by atoms with Crippen molar-refractivity contribution in [2.75, 3.05) is 6.26 Å². The number of halogens is 3. The monoisotopic (exact) mass is 403 g/mol. The molecular weight excluding hydrogens is 391 g/mol. The van der Waals surface area contributed by atoms with Crippen molar-refractivity contribution in [1.82, 2.24) is 15.4 Å². The first-order chi connectivity index (χ1) is 12.6. The summed E-state index contributed by atoms with van der Waals surface area (Å²) in [7, 11) is -3.52. The molecule has 1 aromatic carbocycles. The first-order valence-electron chi connectivity index (χ1n) is 7.29. The van der Waals surface area contributed by atoms with Crippen LogP contribution in [0.25, 0.3) is 0 Å². The lowest BCUT2D eigenvalue weighted by atomic mass is 10.1. The van der Waals surface area contributed by atoms with E-state index in [9.17, 15) is 21.6 Å². The van der Waals surface area contributed by atoms with Crippen molar-refractivity contribution in [3.63, 3.8) is 0 Å². The van der Waals surface area contributed by atoms with Crippen molar-refractivity contribution < 1.29 is 35.9 Å². The minimum absolute atomic E-state index is 0.166. The highest BCUT2D eigenvalue weighted by molar-refractivity contribution is 7.90. The normalized spacial score (nSPS) is 17.2. The number of sulfone groups is 1. The minimum atomic E-state index is -4.76. The molecule has 0 saturated heterocycles. The SMILES string of the molecule is CS(=O)(=O)c1ncc(OC2=C[C@@H](c3ccc(OC(F)(F)F)cc3)ON2)cn1.